The second-order valence-electron chi connectivity index (χ2n) is 6.82. The van der Waals surface area contributed by atoms with Crippen LogP contribution >= 0.6 is 0 Å². The van der Waals surface area contributed by atoms with Crippen LogP contribution in [0.4, 0.5) is 0 Å². The molecule has 0 atom stereocenters. The molecule has 0 amide bonds. The summed E-state index contributed by atoms with van der Waals surface area (Å²) < 4.78 is 16.4. The van der Waals surface area contributed by atoms with E-state index in [2.05, 4.69) is 0 Å². The van der Waals surface area contributed by atoms with Crippen LogP contribution in [0.2, 0.25) is 0 Å². The van der Waals surface area contributed by atoms with Gasteiger partial charge in [0.15, 0.2) is 5.43 Å². The minimum absolute atomic E-state index is 0.204. The van der Waals surface area contributed by atoms with Gasteiger partial charge in [0.2, 0.25) is 0 Å². The number of carbonyl (C=O) groups is 1. The highest BCUT2D eigenvalue weighted by Crippen LogP contribution is 2.26. The van der Waals surface area contributed by atoms with Gasteiger partial charge in [0.05, 0.1) is 12.5 Å². The summed E-state index contributed by atoms with van der Waals surface area (Å²) >= 11 is 0. The molecule has 0 aliphatic carbocycles. The van der Waals surface area contributed by atoms with Crippen molar-refractivity contribution in [2.45, 2.75) is 12.8 Å². The predicted octanol–water partition coefficient (Wildman–Crippen LogP) is 5.01. The molecule has 30 heavy (non-hydrogen) atoms. The number of esters is 1. The van der Waals surface area contributed by atoms with Crippen LogP contribution in [0.25, 0.3) is 22.3 Å². The number of benzene rings is 3. The molecule has 5 nitrogen and oxygen atoms in total. The monoisotopic (exact) mass is 400 g/mol. The van der Waals surface area contributed by atoms with Crippen molar-refractivity contribution in [2.75, 3.05) is 7.11 Å². The fourth-order valence-corrected chi connectivity index (χ4v) is 3.17. The van der Waals surface area contributed by atoms with E-state index in [1.165, 1.54) is 6.07 Å². The van der Waals surface area contributed by atoms with Gasteiger partial charge in [-0.3, -0.25) is 9.59 Å². The van der Waals surface area contributed by atoms with Crippen LogP contribution in [0, 0.1) is 0 Å². The van der Waals surface area contributed by atoms with E-state index in [1.54, 1.807) is 37.4 Å². The van der Waals surface area contributed by atoms with E-state index in [4.69, 9.17) is 13.9 Å². The van der Waals surface area contributed by atoms with Crippen LogP contribution in [0.1, 0.15) is 12.0 Å². The Labute approximate surface area is 173 Å². The van der Waals surface area contributed by atoms with Crippen LogP contribution in [-0.4, -0.2) is 13.1 Å². The molecule has 150 valence electrons. The molecule has 0 saturated heterocycles. The Morgan fingerprint density at radius 2 is 1.63 bits per heavy atom. The van der Waals surface area contributed by atoms with Crippen LogP contribution < -0.4 is 14.9 Å². The van der Waals surface area contributed by atoms with Gasteiger partial charge in [-0.05, 0) is 54.4 Å². The number of fused-ring (bicyclic) bond motifs is 1. The number of aryl methyl sites for hydroxylation is 1. The number of methoxy groups -OCH3 is 1. The van der Waals surface area contributed by atoms with Gasteiger partial charge < -0.3 is 13.9 Å². The van der Waals surface area contributed by atoms with Crippen LogP contribution in [0.15, 0.2) is 88.1 Å². The van der Waals surface area contributed by atoms with Crippen molar-refractivity contribution in [1.29, 1.82) is 0 Å². The minimum atomic E-state index is -0.350. The fraction of sp³-hybridized carbons (Fsp3) is 0.120. The Balaban J connectivity index is 1.51. The van der Waals surface area contributed by atoms with Crippen molar-refractivity contribution >= 4 is 16.9 Å². The Kier molecular flexibility index (Phi) is 5.61. The lowest BCUT2D eigenvalue weighted by molar-refractivity contribution is -0.134. The number of hydrogen-bond acceptors (Lipinski definition) is 5. The first-order valence-corrected chi connectivity index (χ1v) is 9.59. The predicted molar refractivity (Wildman–Crippen MR) is 115 cm³/mol. The molecule has 0 aliphatic rings. The van der Waals surface area contributed by atoms with E-state index in [1.807, 2.05) is 42.5 Å². The summed E-state index contributed by atoms with van der Waals surface area (Å²) in [4.78, 5) is 24.8. The lowest BCUT2D eigenvalue weighted by atomic mass is 10.1. The standard InChI is InChI=1S/C25H20O5/c1-28-19-10-8-18(9-11-19)24-16-22(26)21-15-20(12-13-23(21)30-24)29-25(27)14-7-17-5-3-2-4-6-17/h2-6,8-13,15-16H,7,14H2,1H3. The lowest BCUT2D eigenvalue weighted by Crippen LogP contribution is -2.09. The summed E-state index contributed by atoms with van der Waals surface area (Å²) in [6, 6.07) is 23.2. The zero-order chi connectivity index (χ0) is 20.9. The van der Waals surface area contributed by atoms with E-state index in [9.17, 15) is 9.59 Å². The van der Waals surface area contributed by atoms with Crippen molar-refractivity contribution < 1.29 is 18.7 Å². The third kappa shape index (κ3) is 4.41. The topological polar surface area (TPSA) is 65.7 Å². The number of rotatable bonds is 6. The summed E-state index contributed by atoms with van der Waals surface area (Å²) in [5.41, 5.74) is 2.06. The molecule has 4 aromatic rings. The van der Waals surface area contributed by atoms with E-state index >= 15 is 0 Å². The van der Waals surface area contributed by atoms with Gasteiger partial charge in [-0.1, -0.05) is 30.3 Å². The van der Waals surface area contributed by atoms with Crippen LogP contribution in [0.3, 0.4) is 0 Å². The van der Waals surface area contributed by atoms with Crippen molar-refractivity contribution in [3.05, 3.63) is 94.6 Å². The molecule has 3 aromatic carbocycles. The largest absolute Gasteiger partial charge is 0.497 e. The third-order valence-electron chi connectivity index (χ3n) is 4.77. The SMILES string of the molecule is COc1ccc(-c2cc(=O)c3cc(OC(=O)CCc4ccccc4)ccc3o2)cc1. The second-order valence-corrected chi connectivity index (χ2v) is 6.82. The first kappa shape index (κ1) is 19.5. The molecule has 0 radical (unpaired) electrons. The van der Waals surface area contributed by atoms with Gasteiger partial charge in [-0.15, -0.1) is 0 Å². The average molecular weight is 400 g/mol. The second kappa shape index (κ2) is 8.66. The maximum atomic E-state index is 12.6. The molecule has 0 spiro atoms. The van der Waals surface area contributed by atoms with Crippen molar-refractivity contribution in [3.63, 3.8) is 0 Å². The normalized spacial score (nSPS) is 10.7. The van der Waals surface area contributed by atoms with Gasteiger partial charge >= 0.3 is 5.97 Å². The molecule has 5 heteroatoms. The van der Waals surface area contributed by atoms with Crippen molar-refractivity contribution in [3.8, 4) is 22.8 Å². The van der Waals surface area contributed by atoms with Gasteiger partial charge in [0, 0.05) is 18.1 Å². The molecule has 1 heterocycles. The fourth-order valence-electron chi connectivity index (χ4n) is 3.17. The van der Waals surface area contributed by atoms with Gasteiger partial charge in [-0.2, -0.15) is 0 Å². The summed E-state index contributed by atoms with van der Waals surface area (Å²) in [6.45, 7) is 0. The maximum Gasteiger partial charge on any atom is 0.311 e. The molecule has 0 unspecified atom stereocenters. The quantitative estimate of drug-likeness (QED) is 0.336. The van der Waals surface area contributed by atoms with E-state index < -0.39 is 0 Å². The average Bonchev–Trinajstić information content (AvgIpc) is 2.79. The first-order valence-electron chi connectivity index (χ1n) is 9.59. The zero-order valence-electron chi connectivity index (χ0n) is 16.5. The lowest BCUT2D eigenvalue weighted by Gasteiger charge is -2.07. The van der Waals surface area contributed by atoms with Gasteiger partial charge in [0.25, 0.3) is 0 Å². The molecular weight excluding hydrogens is 380 g/mol. The number of ether oxygens (including phenoxy) is 2. The van der Waals surface area contributed by atoms with Gasteiger partial charge in [-0.25, -0.2) is 0 Å². The molecule has 1 aromatic heterocycles. The highest BCUT2D eigenvalue weighted by molar-refractivity contribution is 5.81. The first-order chi connectivity index (χ1) is 14.6. The Morgan fingerprint density at radius 3 is 2.37 bits per heavy atom. The minimum Gasteiger partial charge on any atom is -0.497 e. The van der Waals surface area contributed by atoms with Crippen LogP contribution in [-0.2, 0) is 11.2 Å². The Bertz CT molecular complexity index is 1220. The summed E-state index contributed by atoms with van der Waals surface area (Å²) in [6.07, 6.45) is 0.855. The van der Waals surface area contributed by atoms with E-state index in [0.29, 0.717) is 28.9 Å². The summed E-state index contributed by atoms with van der Waals surface area (Å²) in [7, 11) is 1.59. The summed E-state index contributed by atoms with van der Waals surface area (Å²) in [5.74, 6) is 1.16. The molecule has 0 bridgehead atoms. The maximum absolute atomic E-state index is 12.6. The molecule has 0 aliphatic heterocycles. The molecule has 0 saturated carbocycles. The molecular formula is C25H20O5. The third-order valence-corrected chi connectivity index (χ3v) is 4.77. The smallest absolute Gasteiger partial charge is 0.311 e. The Hall–Kier alpha value is -3.86. The molecule has 4 rings (SSSR count). The van der Waals surface area contributed by atoms with Crippen molar-refractivity contribution in [1.82, 2.24) is 0 Å². The highest BCUT2D eigenvalue weighted by Gasteiger charge is 2.11. The highest BCUT2D eigenvalue weighted by atomic mass is 16.5. The van der Waals surface area contributed by atoms with Crippen molar-refractivity contribution in [2.24, 2.45) is 0 Å². The molecule has 0 N–H and O–H groups in total. The van der Waals surface area contributed by atoms with E-state index in [-0.39, 0.29) is 17.8 Å². The van der Waals surface area contributed by atoms with Crippen LogP contribution in [0.5, 0.6) is 11.5 Å². The number of carbonyl (C=O) groups excluding carboxylic acids is 1. The number of hydrogen-bond donors (Lipinski definition) is 0. The summed E-state index contributed by atoms with van der Waals surface area (Å²) in [5, 5.41) is 0.362. The van der Waals surface area contributed by atoms with Gasteiger partial charge in [0.1, 0.15) is 22.8 Å². The Morgan fingerprint density at radius 1 is 0.900 bits per heavy atom. The zero-order valence-corrected chi connectivity index (χ0v) is 16.5. The molecule has 0 fully saturated rings. The van der Waals surface area contributed by atoms with E-state index in [0.717, 1.165) is 16.9 Å².